The van der Waals surface area contributed by atoms with Crippen molar-refractivity contribution in [2.45, 2.75) is 17.9 Å². The van der Waals surface area contributed by atoms with Gasteiger partial charge < -0.3 is 20.3 Å². The number of urea groups is 1. The number of benzene rings is 2. The minimum absolute atomic E-state index is 0.0254. The standard InChI is InChI=1S/C27H27N7O4S/c1-18-17-38-16-15-34(18)26-32-24(31-25(33-26)22-5-3-4-6-23(22)39(2,36)37)19-7-9-20(10-8-19)29-27(35)30-21-11-13-28-14-12-21/h3-14,18H,15-17H2,1-2H3,(H2,28,29,30,35). The van der Waals surface area contributed by atoms with Crippen LogP contribution in [-0.2, 0) is 14.6 Å². The molecule has 1 aliphatic heterocycles. The van der Waals surface area contributed by atoms with Gasteiger partial charge >= 0.3 is 6.03 Å². The number of carbonyl (C=O) groups is 1. The molecule has 2 aromatic carbocycles. The first-order valence-corrected chi connectivity index (χ1v) is 14.2. The van der Waals surface area contributed by atoms with Crippen LogP contribution in [0.15, 0.2) is 78.0 Å². The number of nitrogens with one attached hydrogen (secondary N) is 2. The molecule has 0 radical (unpaired) electrons. The van der Waals surface area contributed by atoms with Crippen LogP contribution in [0.25, 0.3) is 22.8 Å². The molecule has 0 bridgehead atoms. The van der Waals surface area contributed by atoms with Crippen LogP contribution >= 0.6 is 0 Å². The summed E-state index contributed by atoms with van der Waals surface area (Å²) in [5.74, 6) is 1.08. The molecule has 2 N–H and O–H groups in total. The maximum Gasteiger partial charge on any atom is 0.323 e. The fourth-order valence-corrected chi connectivity index (χ4v) is 5.06. The predicted octanol–water partition coefficient (Wildman–Crippen LogP) is 3.87. The second kappa shape index (κ2) is 11.1. The molecule has 0 aliphatic carbocycles. The van der Waals surface area contributed by atoms with Gasteiger partial charge in [0.15, 0.2) is 21.5 Å². The molecule has 1 saturated heterocycles. The molecule has 12 heteroatoms. The van der Waals surface area contributed by atoms with E-state index in [1.54, 1.807) is 73.1 Å². The summed E-state index contributed by atoms with van der Waals surface area (Å²) in [6, 6.07) is 16.7. The van der Waals surface area contributed by atoms with Crippen molar-refractivity contribution in [3.05, 3.63) is 73.1 Å². The first-order chi connectivity index (χ1) is 18.8. The minimum atomic E-state index is -3.53. The number of carbonyl (C=O) groups excluding carboxylic acids is 1. The Labute approximate surface area is 226 Å². The van der Waals surface area contributed by atoms with Gasteiger partial charge in [0.2, 0.25) is 5.95 Å². The highest BCUT2D eigenvalue weighted by Gasteiger charge is 2.25. The zero-order valence-electron chi connectivity index (χ0n) is 21.4. The van der Waals surface area contributed by atoms with E-state index in [1.165, 1.54) is 0 Å². The SMILES string of the molecule is CC1COCCN1c1nc(-c2ccc(NC(=O)Nc3ccncc3)cc2)nc(-c2ccccc2S(C)(=O)=O)n1. The molecule has 11 nitrogen and oxygen atoms in total. The topological polar surface area (TPSA) is 139 Å². The largest absolute Gasteiger partial charge is 0.377 e. The Morgan fingerprint density at radius 1 is 0.923 bits per heavy atom. The predicted molar refractivity (Wildman–Crippen MR) is 148 cm³/mol. The summed E-state index contributed by atoms with van der Waals surface area (Å²) in [5.41, 5.74) is 2.27. The first kappa shape index (κ1) is 26.2. The lowest BCUT2D eigenvalue weighted by molar-refractivity contribution is 0.0981. The molecule has 39 heavy (non-hydrogen) atoms. The van der Waals surface area contributed by atoms with Crippen LogP contribution in [0.5, 0.6) is 0 Å². The van der Waals surface area contributed by atoms with Crippen LogP contribution in [0, 0.1) is 0 Å². The Kier molecular flexibility index (Phi) is 7.48. The van der Waals surface area contributed by atoms with Crippen molar-refractivity contribution in [2.24, 2.45) is 0 Å². The highest BCUT2D eigenvalue weighted by Crippen LogP contribution is 2.29. The van der Waals surface area contributed by atoms with E-state index in [2.05, 4.69) is 25.6 Å². The van der Waals surface area contributed by atoms with Crippen LogP contribution in [0.3, 0.4) is 0 Å². The van der Waals surface area contributed by atoms with Crippen molar-refractivity contribution < 1.29 is 17.9 Å². The summed E-state index contributed by atoms with van der Waals surface area (Å²) in [4.78, 5) is 32.5. The van der Waals surface area contributed by atoms with Crippen molar-refractivity contribution in [1.82, 2.24) is 19.9 Å². The van der Waals surface area contributed by atoms with Crippen molar-refractivity contribution in [3.63, 3.8) is 0 Å². The van der Waals surface area contributed by atoms with Gasteiger partial charge in [-0.3, -0.25) is 4.98 Å². The third-order valence-electron chi connectivity index (χ3n) is 6.11. The summed E-state index contributed by atoms with van der Waals surface area (Å²) in [7, 11) is -3.53. The van der Waals surface area contributed by atoms with E-state index >= 15 is 0 Å². The summed E-state index contributed by atoms with van der Waals surface area (Å²) in [6.07, 6.45) is 4.34. The maximum absolute atomic E-state index is 12.5. The smallest absolute Gasteiger partial charge is 0.323 e. The van der Waals surface area contributed by atoms with Crippen molar-refractivity contribution in [1.29, 1.82) is 0 Å². The second-order valence-corrected chi connectivity index (χ2v) is 11.0. The van der Waals surface area contributed by atoms with Crippen LogP contribution in [0.2, 0.25) is 0 Å². The zero-order chi connectivity index (χ0) is 27.4. The molecule has 2 aromatic heterocycles. The Balaban J connectivity index is 1.49. The summed E-state index contributed by atoms with van der Waals surface area (Å²) in [5, 5.41) is 5.53. The molecule has 1 fully saturated rings. The number of pyridine rings is 1. The van der Waals surface area contributed by atoms with Crippen molar-refractivity contribution in [2.75, 3.05) is 41.5 Å². The molecule has 0 saturated carbocycles. The van der Waals surface area contributed by atoms with Crippen LogP contribution in [-0.4, -0.2) is 66.4 Å². The first-order valence-electron chi connectivity index (χ1n) is 12.3. The molecule has 2 amide bonds. The van der Waals surface area contributed by atoms with Crippen molar-refractivity contribution >= 4 is 33.2 Å². The van der Waals surface area contributed by atoms with E-state index in [0.717, 1.165) is 6.26 Å². The number of amides is 2. The Bertz CT molecular complexity index is 1580. The molecule has 1 aliphatic rings. The second-order valence-electron chi connectivity index (χ2n) is 9.06. The Hall–Kier alpha value is -4.42. The number of hydrogen-bond donors (Lipinski definition) is 2. The summed E-state index contributed by atoms with van der Waals surface area (Å²) >= 11 is 0. The fraction of sp³-hybridized carbons (Fsp3) is 0.222. The lowest BCUT2D eigenvalue weighted by Crippen LogP contribution is -2.44. The molecular weight excluding hydrogens is 518 g/mol. The quantitative estimate of drug-likeness (QED) is 0.369. The number of aromatic nitrogens is 4. The molecule has 0 spiro atoms. The molecule has 5 rings (SSSR count). The number of ether oxygens (including phenoxy) is 1. The van der Waals surface area contributed by atoms with E-state index in [-0.39, 0.29) is 16.8 Å². The van der Waals surface area contributed by atoms with Gasteiger partial charge in [0.25, 0.3) is 0 Å². The van der Waals surface area contributed by atoms with Gasteiger partial charge in [-0.25, -0.2) is 18.2 Å². The van der Waals surface area contributed by atoms with E-state index in [1.807, 2.05) is 11.8 Å². The average molecular weight is 546 g/mol. The van der Waals surface area contributed by atoms with E-state index in [0.29, 0.717) is 54.0 Å². The van der Waals surface area contributed by atoms with Gasteiger partial charge in [-0.05, 0) is 55.5 Å². The molecule has 1 atom stereocenters. The van der Waals surface area contributed by atoms with Gasteiger partial charge in [0, 0.05) is 47.7 Å². The fourth-order valence-electron chi connectivity index (χ4n) is 4.17. The van der Waals surface area contributed by atoms with Gasteiger partial charge in [-0.2, -0.15) is 9.97 Å². The van der Waals surface area contributed by atoms with Gasteiger partial charge in [0.1, 0.15) is 0 Å². The third-order valence-corrected chi connectivity index (χ3v) is 7.27. The molecule has 1 unspecified atom stereocenters. The molecule has 4 aromatic rings. The summed E-state index contributed by atoms with van der Waals surface area (Å²) in [6.45, 7) is 3.66. The number of sulfone groups is 1. The Morgan fingerprint density at radius 2 is 1.59 bits per heavy atom. The monoisotopic (exact) mass is 545 g/mol. The maximum atomic E-state index is 12.5. The van der Waals surface area contributed by atoms with Gasteiger partial charge in [0.05, 0.1) is 24.2 Å². The lowest BCUT2D eigenvalue weighted by Gasteiger charge is -2.33. The van der Waals surface area contributed by atoms with E-state index in [4.69, 9.17) is 9.72 Å². The average Bonchev–Trinajstić information content (AvgIpc) is 2.93. The number of nitrogens with zero attached hydrogens (tertiary/aromatic N) is 5. The number of morpholine rings is 1. The van der Waals surface area contributed by atoms with E-state index in [9.17, 15) is 13.2 Å². The molecule has 3 heterocycles. The Morgan fingerprint density at radius 3 is 2.28 bits per heavy atom. The number of anilines is 3. The van der Waals surface area contributed by atoms with Crippen LogP contribution < -0.4 is 15.5 Å². The van der Waals surface area contributed by atoms with Gasteiger partial charge in [-0.15, -0.1) is 0 Å². The van der Waals surface area contributed by atoms with Crippen LogP contribution in [0.1, 0.15) is 6.92 Å². The van der Waals surface area contributed by atoms with Crippen molar-refractivity contribution in [3.8, 4) is 22.8 Å². The normalized spacial score (nSPS) is 15.5. The highest BCUT2D eigenvalue weighted by atomic mass is 32.2. The molecule has 200 valence electrons. The van der Waals surface area contributed by atoms with E-state index < -0.39 is 15.9 Å². The zero-order valence-corrected chi connectivity index (χ0v) is 22.2. The molecular formula is C27H27N7O4S. The highest BCUT2D eigenvalue weighted by molar-refractivity contribution is 7.90. The minimum Gasteiger partial charge on any atom is -0.377 e. The van der Waals surface area contributed by atoms with Crippen LogP contribution in [0.4, 0.5) is 22.1 Å². The lowest BCUT2D eigenvalue weighted by atomic mass is 10.1. The summed E-state index contributed by atoms with van der Waals surface area (Å²) < 4.78 is 30.6. The number of rotatable bonds is 6. The number of hydrogen-bond acceptors (Lipinski definition) is 9. The van der Waals surface area contributed by atoms with Gasteiger partial charge in [-0.1, -0.05) is 12.1 Å². The third kappa shape index (κ3) is 6.19.